The van der Waals surface area contributed by atoms with Gasteiger partial charge < -0.3 is 14.8 Å². The summed E-state index contributed by atoms with van der Waals surface area (Å²) in [5.41, 5.74) is 4.77. The van der Waals surface area contributed by atoms with Crippen LogP contribution >= 0.6 is 0 Å². The lowest BCUT2D eigenvalue weighted by atomic mass is 9.95. The van der Waals surface area contributed by atoms with Crippen molar-refractivity contribution >= 4 is 11.7 Å². The van der Waals surface area contributed by atoms with Gasteiger partial charge in [0.1, 0.15) is 17.6 Å². The molecule has 0 aliphatic carbocycles. The van der Waals surface area contributed by atoms with Crippen LogP contribution < -0.4 is 14.8 Å². The molecule has 2 heterocycles. The van der Waals surface area contributed by atoms with Crippen molar-refractivity contribution in [3.63, 3.8) is 0 Å². The minimum Gasteiger partial charge on any atom is -0.488 e. The molecular weight excluding hydrogens is 390 g/mol. The van der Waals surface area contributed by atoms with Gasteiger partial charge in [-0.15, -0.1) is 0 Å². The molecule has 5 nitrogen and oxygen atoms in total. The Morgan fingerprint density at radius 1 is 0.903 bits per heavy atom. The van der Waals surface area contributed by atoms with E-state index in [9.17, 15) is 9.59 Å². The predicted octanol–water partition coefficient (Wildman–Crippen LogP) is 3.98. The van der Waals surface area contributed by atoms with Gasteiger partial charge in [-0.05, 0) is 47.4 Å². The van der Waals surface area contributed by atoms with E-state index in [1.54, 1.807) is 6.92 Å². The normalized spacial score (nSPS) is 18.5. The minimum absolute atomic E-state index is 0.0456. The first-order chi connectivity index (χ1) is 15.1. The molecule has 31 heavy (non-hydrogen) atoms. The smallest absolute Gasteiger partial charge is 0.261 e. The number of ether oxygens (including phenoxy) is 2. The van der Waals surface area contributed by atoms with Crippen molar-refractivity contribution in [1.82, 2.24) is 5.32 Å². The number of fused-ring (bicyclic) bond motifs is 2. The molecule has 0 saturated heterocycles. The van der Waals surface area contributed by atoms with Crippen molar-refractivity contribution in [2.75, 3.05) is 6.54 Å². The van der Waals surface area contributed by atoms with Gasteiger partial charge in [0.2, 0.25) is 0 Å². The molecule has 3 aromatic carbocycles. The van der Waals surface area contributed by atoms with Gasteiger partial charge in [0.25, 0.3) is 5.91 Å². The van der Waals surface area contributed by atoms with Crippen LogP contribution in [0.4, 0.5) is 0 Å². The van der Waals surface area contributed by atoms with Gasteiger partial charge >= 0.3 is 0 Å². The first-order valence-corrected chi connectivity index (χ1v) is 10.5. The number of carbonyl (C=O) groups is 2. The first-order valence-electron chi connectivity index (χ1n) is 10.5. The van der Waals surface area contributed by atoms with E-state index in [0.717, 1.165) is 33.8 Å². The van der Waals surface area contributed by atoms with E-state index < -0.39 is 6.10 Å². The number of amides is 1. The summed E-state index contributed by atoms with van der Waals surface area (Å²) in [4.78, 5) is 24.5. The van der Waals surface area contributed by atoms with Gasteiger partial charge in [-0.1, -0.05) is 48.5 Å². The molecule has 1 N–H and O–H groups in total. The van der Waals surface area contributed by atoms with Crippen molar-refractivity contribution in [2.45, 2.75) is 32.0 Å². The third-order valence-electron chi connectivity index (χ3n) is 5.86. The summed E-state index contributed by atoms with van der Waals surface area (Å²) >= 11 is 0. The Morgan fingerprint density at radius 2 is 1.68 bits per heavy atom. The summed E-state index contributed by atoms with van der Waals surface area (Å²) in [5, 5.41) is 2.97. The van der Waals surface area contributed by atoms with E-state index in [1.165, 1.54) is 0 Å². The molecule has 0 bridgehead atoms. The molecule has 2 aliphatic rings. The Balaban J connectivity index is 1.23. The highest BCUT2D eigenvalue weighted by Gasteiger charge is 2.30. The van der Waals surface area contributed by atoms with Crippen LogP contribution in [0, 0.1) is 0 Å². The number of hydrogen-bond acceptors (Lipinski definition) is 4. The number of nitrogens with one attached hydrogen (secondary N) is 1. The summed E-state index contributed by atoms with van der Waals surface area (Å²) in [6, 6.07) is 21.4. The van der Waals surface area contributed by atoms with E-state index in [4.69, 9.17) is 9.47 Å². The number of rotatable bonds is 5. The van der Waals surface area contributed by atoms with E-state index in [2.05, 4.69) is 11.4 Å². The third-order valence-corrected chi connectivity index (χ3v) is 5.86. The molecule has 5 heteroatoms. The Labute approximate surface area is 181 Å². The molecule has 0 aromatic heterocycles. The van der Waals surface area contributed by atoms with Crippen LogP contribution in [0.1, 0.15) is 28.4 Å². The van der Waals surface area contributed by atoms with Crippen molar-refractivity contribution in [1.29, 1.82) is 0 Å². The molecule has 0 spiro atoms. The van der Waals surface area contributed by atoms with E-state index in [-0.39, 0.29) is 17.8 Å². The Kier molecular flexibility index (Phi) is 4.94. The number of benzene rings is 3. The monoisotopic (exact) mass is 413 g/mol. The summed E-state index contributed by atoms with van der Waals surface area (Å²) in [5.74, 6) is 1.54. The molecule has 0 unspecified atom stereocenters. The zero-order chi connectivity index (χ0) is 21.4. The van der Waals surface area contributed by atoms with Crippen LogP contribution in [0.5, 0.6) is 11.5 Å². The molecule has 3 aromatic rings. The molecule has 0 fully saturated rings. The number of Topliss-reactive ketones (excluding diaryl/α,β-unsaturated/α-hetero) is 1. The highest BCUT2D eigenvalue weighted by Crippen LogP contribution is 2.34. The second-order valence-corrected chi connectivity index (χ2v) is 8.03. The summed E-state index contributed by atoms with van der Waals surface area (Å²) in [6.07, 6.45) is 0.682. The lowest BCUT2D eigenvalue weighted by molar-refractivity contribution is -0.127. The summed E-state index contributed by atoms with van der Waals surface area (Å²) in [7, 11) is 0. The van der Waals surface area contributed by atoms with Gasteiger partial charge in [-0.25, -0.2) is 0 Å². The fourth-order valence-corrected chi connectivity index (χ4v) is 4.30. The molecular formula is C26H23NO4. The van der Waals surface area contributed by atoms with Gasteiger partial charge in [0.05, 0.1) is 6.54 Å². The standard InChI is InChI=1S/C26H23NO4/c1-16(28)21-7-3-4-8-22(21)17-10-11-24-19(12-17)13-20(30-24)15-27-26(29)25-14-18-6-2-5-9-23(18)31-25/h2-12,20,25H,13-15H2,1H3,(H,27,29)/t20-,25-/m0/s1. The zero-order valence-electron chi connectivity index (χ0n) is 17.3. The minimum atomic E-state index is -0.490. The maximum atomic E-state index is 12.6. The van der Waals surface area contributed by atoms with Crippen molar-refractivity contribution in [3.05, 3.63) is 83.4 Å². The van der Waals surface area contributed by atoms with Gasteiger partial charge in [-0.2, -0.15) is 0 Å². The molecule has 0 radical (unpaired) electrons. The lowest BCUT2D eigenvalue weighted by Gasteiger charge is -2.15. The maximum absolute atomic E-state index is 12.6. The number of hydrogen-bond donors (Lipinski definition) is 1. The average molecular weight is 413 g/mol. The van der Waals surface area contributed by atoms with Crippen LogP contribution in [0.15, 0.2) is 66.7 Å². The van der Waals surface area contributed by atoms with Crippen LogP contribution in [-0.2, 0) is 17.6 Å². The largest absolute Gasteiger partial charge is 0.488 e. The van der Waals surface area contributed by atoms with Gasteiger partial charge in [-0.3, -0.25) is 9.59 Å². The van der Waals surface area contributed by atoms with Crippen molar-refractivity contribution in [2.24, 2.45) is 0 Å². The lowest BCUT2D eigenvalue weighted by Crippen LogP contribution is -2.42. The molecule has 1 amide bonds. The van der Waals surface area contributed by atoms with Crippen LogP contribution in [0.3, 0.4) is 0 Å². The molecule has 2 aliphatic heterocycles. The van der Waals surface area contributed by atoms with Crippen LogP contribution in [-0.4, -0.2) is 30.4 Å². The van der Waals surface area contributed by atoms with Gasteiger partial charge in [0.15, 0.2) is 11.9 Å². The zero-order valence-corrected chi connectivity index (χ0v) is 17.3. The van der Waals surface area contributed by atoms with Gasteiger partial charge in [0, 0.05) is 18.4 Å². The molecule has 0 saturated carbocycles. The second-order valence-electron chi connectivity index (χ2n) is 8.03. The number of carbonyl (C=O) groups excluding carboxylic acids is 2. The topological polar surface area (TPSA) is 64.6 Å². The number of para-hydroxylation sites is 1. The Bertz CT molecular complexity index is 1140. The number of ketones is 1. The van der Waals surface area contributed by atoms with Crippen molar-refractivity contribution in [3.8, 4) is 22.6 Å². The second kappa shape index (κ2) is 7.91. The van der Waals surface area contributed by atoms with Crippen LogP contribution in [0.25, 0.3) is 11.1 Å². The maximum Gasteiger partial charge on any atom is 0.261 e. The highest BCUT2D eigenvalue weighted by atomic mass is 16.5. The molecule has 5 rings (SSSR count). The first kappa shape index (κ1) is 19.4. The fraction of sp³-hybridized carbons (Fsp3) is 0.231. The van der Waals surface area contributed by atoms with E-state index in [0.29, 0.717) is 24.9 Å². The summed E-state index contributed by atoms with van der Waals surface area (Å²) < 4.78 is 11.8. The quantitative estimate of drug-likeness (QED) is 0.643. The summed E-state index contributed by atoms with van der Waals surface area (Å²) in [6.45, 7) is 2.00. The molecule has 2 atom stereocenters. The Hall–Kier alpha value is -3.60. The SMILES string of the molecule is CC(=O)c1ccccc1-c1ccc2c(c1)C[C@@H](CNC(=O)[C@@H]1Cc3ccccc3O1)O2. The molecule has 156 valence electrons. The van der Waals surface area contributed by atoms with Crippen molar-refractivity contribution < 1.29 is 19.1 Å². The van der Waals surface area contributed by atoms with E-state index >= 15 is 0 Å². The Morgan fingerprint density at radius 3 is 2.52 bits per heavy atom. The predicted molar refractivity (Wildman–Crippen MR) is 118 cm³/mol. The third kappa shape index (κ3) is 3.79. The van der Waals surface area contributed by atoms with Crippen LogP contribution in [0.2, 0.25) is 0 Å². The average Bonchev–Trinajstić information content (AvgIpc) is 3.40. The fourth-order valence-electron chi connectivity index (χ4n) is 4.30. The van der Waals surface area contributed by atoms with E-state index in [1.807, 2.05) is 60.7 Å². The highest BCUT2D eigenvalue weighted by molar-refractivity contribution is 6.00.